The van der Waals surface area contributed by atoms with Crippen molar-refractivity contribution in [2.45, 2.75) is 25.3 Å². The molecule has 1 unspecified atom stereocenters. The van der Waals surface area contributed by atoms with Crippen LogP contribution in [-0.4, -0.2) is 22.3 Å². The van der Waals surface area contributed by atoms with E-state index in [1.54, 1.807) is 22.7 Å². The van der Waals surface area contributed by atoms with Crippen LogP contribution in [0.3, 0.4) is 0 Å². The maximum absolute atomic E-state index is 11.4. The van der Waals surface area contributed by atoms with Crippen LogP contribution in [0.5, 0.6) is 0 Å². The fraction of sp³-hybridized carbons (Fsp3) is 0.190. The lowest BCUT2D eigenvalue weighted by Gasteiger charge is -2.25. The number of nitrogens with two attached hydrogens (primary N) is 1. The van der Waals surface area contributed by atoms with Gasteiger partial charge in [0.1, 0.15) is 0 Å². The van der Waals surface area contributed by atoms with E-state index < -0.39 is 12.1 Å². The first-order chi connectivity index (χ1) is 13.1. The molecule has 2 amide bonds. The molecule has 0 fully saturated rings. The first-order valence-corrected chi connectivity index (χ1v) is 10.5. The molecule has 0 saturated heterocycles. The zero-order valence-corrected chi connectivity index (χ0v) is 16.5. The van der Waals surface area contributed by atoms with Crippen LogP contribution in [0.2, 0.25) is 0 Å². The topological polar surface area (TPSA) is 66.6 Å². The average Bonchev–Trinajstić information content (AvgIpc) is 3.30. The van der Waals surface area contributed by atoms with Gasteiger partial charge in [0.05, 0.1) is 6.04 Å². The van der Waals surface area contributed by atoms with Gasteiger partial charge in [-0.25, -0.2) is 9.86 Å². The maximum atomic E-state index is 11.4. The van der Waals surface area contributed by atoms with E-state index in [9.17, 15) is 10.0 Å². The fourth-order valence-electron chi connectivity index (χ4n) is 3.62. The summed E-state index contributed by atoms with van der Waals surface area (Å²) in [5, 5.41) is 17.5. The number of benzene rings is 2. The van der Waals surface area contributed by atoms with Crippen molar-refractivity contribution in [3.05, 3.63) is 70.4 Å². The van der Waals surface area contributed by atoms with E-state index in [-0.39, 0.29) is 5.92 Å². The molecule has 0 aliphatic carbocycles. The summed E-state index contributed by atoms with van der Waals surface area (Å²) >= 11 is 3.44. The Bertz CT molecular complexity index is 1030. The Morgan fingerprint density at radius 3 is 1.96 bits per heavy atom. The van der Waals surface area contributed by atoms with Gasteiger partial charge in [-0.3, -0.25) is 5.21 Å². The number of fused-ring (bicyclic) bond motifs is 2. The zero-order chi connectivity index (χ0) is 19.0. The molecule has 4 aromatic rings. The minimum absolute atomic E-state index is 0.0568. The number of carbonyl (C=O) groups is 1. The molecular formula is C21H20N2O2S2. The molecule has 0 saturated carbocycles. The summed E-state index contributed by atoms with van der Waals surface area (Å²) in [6.07, 6.45) is 0.584. The number of hydrogen-bond donors (Lipinski definition) is 2. The van der Waals surface area contributed by atoms with Gasteiger partial charge in [-0.2, -0.15) is 0 Å². The predicted molar refractivity (Wildman–Crippen MR) is 113 cm³/mol. The van der Waals surface area contributed by atoms with E-state index in [2.05, 4.69) is 35.0 Å². The van der Waals surface area contributed by atoms with E-state index >= 15 is 0 Å². The second kappa shape index (κ2) is 7.31. The van der Waals surface area contributed by atoms with Crippen LogP contribution in [0.4, 0.5) is 4.79 Å². The fourth-order valence-corrected chi connectivity index (χ4v) is 5.65. The number of hydrogen-bond acceptors (Lipinski definition) is 4. The van der Waals surface area contributed by atoms with Crippen molar-refractivity contribution in [3.63, 3.8) is 0 Å². The molecule has 2 aromatic carbocycles. The summed E-state index contributed by atoms with van der Waals surface area (Å²) < 4.78 is 2.47. The Morgan fingerprint density at radius 1 is 1.00 bits per heavy atom. The second-order valence-corrected chi connectivity index (χ2v) is 8.52. The van der Waals surface area contributed by atoms with Crippen molar-refractivity contribution >= 4 is 48.9 Å². The highest BCUT2D eigenvalue weighted by atomic mass is 32.1. The zero-order valence-electron chi connectivity index (χ0n) is 14.8. The summed E-state index contributed by atoms with van der Waals surface area (Å²) in [5.74, 6) is 0.0568. The molecule has 0 aliphatic heterocycles. The highest BCUT2D eigenvalue weighted by Crippen LogP contribution is 2.42. The van der Waals surface area contributed by atoms with Gasteiger partial charge in [0, 0.05) is 15.3 Å². The van der Waals surface area contributed by atoms with Crippen LogP contribution in [0.15, 0.2) is 59.3 Å². The Morgan fingerprint density at radius 2 is 1.48 bits per heavy atom. The van der Waals surface area contributed by atoms with Gasteiger partial charge in [0.2, 0.25) is 0 Å². The molecule has 27 heavy (non-hydrogen) atoms. The smallest absolute Gasteiger partial charge is 0.338 e. The SMILES string of the molecule is CC(CC(c1csc2ccccc12)c1csc2ccccc12)N(O)C(N)=O. The Kier molecular flexibility index (Phi) is 4.86. The highest BCUT2D eigenvalue weighted by Gasteiger charge is 2.26. The lowest BCUT2D eigenvalue weighted by Crippen LogP contribution is -2.40. The summed E-state index contributed by atoms with van der Waals surface area (Å²) in [4.78, 5) is 11.4. The second-order valence-electron chi connectivity index (χ2n) is 6.69. The number of carbonyl (C=O) groups excluding carboxylic acids is 1. The third-order valence-electron chi connectivity index (χ3n) is 4.99. The van der Waals surface area contributed by atoms with Gasteiger partial charge >= 0.3 is 6.03 Å². The van der Waals surface area contributed by atoms with Crippen LogP contribution >= 0.6 is 22.7 Å². The van der Waals surface area contributed by atoms with Crippen molar-refractivity contribution in [1.82, 2.24) is 5.06 Å². The van der Waals surface area contributed by atoms with Crippen molar-refractivity contribution in [2.24, 2.45) is 5.73 Å². The molecule has 0 bridgehead atoms. The number of urea groups is 1. The minimum Gasteiger partial charge on any atom is -0.350 e. The number of nitrogens with zero attached hydrogens (tertiary/aromatic N) is 1. The molecule has 0 radical (unpaired) electrons. The van der Waals surface area contributed by atoms with Gasteiger partial charge in [0.15, 0.2) is 0 Å². The molecule has 2 aromatic heterocycles. The molecule has 138 valence electrons. The van der Waals surface area contributed by atoms with Gasteiger partial charge in [-0.15, -0.1) is 22.7 Å². The molecule has 4 rings (SSSR count). The van der Waals surface area contributed by atoms with Crippen LogP contribution in [0, 0.1) is 0 Å². The predicted octanol–water partition coefficient (Wildman–Crippen LogP) is 5.80. The molecular weight excluding hydrogens is 376 g/mol. The lowest BCUT2D eigenvalue weighted by molar-refractivity contribution is -0.0723. The quantitative estimate of drug-likeness (QED) is 0.331. The number of amides is 2. The first-order valence-electron chi connectivity index (χ1n) is 8.76. The van der Waals surface area contributed by atoms with E-state index in [1.165, 1.54) is 31.3 Å². The Hall–Kier alpha value is -2.41. The van der Waals surface area contributed by atoms with Crippen molar-refractivity contribution in [2.75, 3.05) is 0 Å². The Balaban J connectivity index is 1.84. The first kappa shape index (κ1) is 18.0. The summed E-state index contributed by atoms with van der Waals surface area (Å²) in [6.45, 7) is 1.82. The largest absolute Gasteiger partial charge is 0.350 e. The maximum Gasteiger partial charge on any atom is 0.338 e. The minimum atomic E-state index is -0.827. The number of thiophene rings is 2. The third kappa shape index (κ3) is 3.32. The molecule has 2 heterocycles. The molecule has 0 aliphatic rings. The number of hydroxylamine groups is 2. The normalized spacial score (nSPS) is 12.7. The van der Waals surface area contributed by atoms with E-state index in [0.29, 0.717) is 11.5 Å². The van der Waals surface area contributed by atoms with Gasteiger partial charge in [0.25, 0.3) is 0 Å². The van der Waals surface area contributed by atoms with Gasteiger partial charge in [-0.1, -0.05) is 36.4 Å². The van der Waals surface area contributed by atoms with Crippen LogP contribution in [0.25, 0.3) is 20.2 Å². The molecule has 0 spiro atoms. The van der Waals surface area contributed by atoms with E-state index in [0.717, 1.165) is 0 Å². The van der Waals surface area contributed by atoms with Crippen molar-refractivity contribution in [1.29, 1.82) is 0 Å². The van der Waals surface area contributed by atoms with Crippen molar-refractivity contribution < 1.29 is 10.0 Å². The molecule has 6 heteroatoms. The molecule has 1 atom stereocenters. The lowest BCUT2D eigenvalue weighted by atomic mass is 9.86. The van der Waals surface area contributed by atoms with Gasteiger partial charge in [-0.05, 0) is 58.1 Å². The van der Waals surface area contributed by atoms with Crippen LogP contribution in [0.1, 0.15) is 30.4 Å². The summed E-state index contributed by atoms with van der Waals surface area (Å²) in [6, 6.07) is 15.5. The van der Waals surface area contributed by atoms with Crippen LogP contribution < -0.4 is 5.73 Å². The van der Waals surface area contributed by atoms with E-state index in [4.69, 9.17) is 5.73 Å². The average molecular weight is 397 g/mol. The molecule has 3 N–H and O–H groups in total. The van der Waals surface area contributed by atoms with Crippen LogP contribution in [-0.2, 0) is 0 Å². The summed E-state index contributed by atoms with van der Waals surface area (Å²) in [7, 11) is 0. The number of primary amides is 1. The third-order valence-corrected chi connectivity index (χ3v) is 6.96. The standard InChI is InChI=1S/C21H20N2O2S2/c1-13(23(25)21(22)24)10-16(17-11-26-19-8-4-2-6-14(17)19)18-12-27-20-9-5-3-7-15(18)20/h2-9,11-13,16,25H,10H2,1H3,(H2,22,24). The highest BCUT2D eigenvalue weighted by molar-refractivity contribution is 7.17. The van der Waals surface area contributed by atoms with Gasteiger partial charge < -0.3 is 5.73 Å². The number of rotatable bonds is 5. The van der Waals surface area contributed by atoms with Crippen molar-refractivity contribution in [3.8, 4) is 0 Å². The monoisotopic (exact) mass is 396 g/mol. The van der Waals surface area contributed by atoms with E-state index in [1.807, 2.05) is 31.2 Å². The summed E-state index contributed by atoms with van der Waals surface area (Å²) in [5.41, 5.74) is 7.72. The Labute approximate surface area is 165 Å². The molecule has 4 nitrogen and oxygen atoms in total.